The van der Waals surface area contributed by atoms with Crippen molar-refractivity contribution < 1.29 is 9.53 Å². The van der Waals surface area contributed by atoms with Gasteiger partial charge in [0.25, 0.3) is 0 Å². The molecule has 1 N–H and O–H groups in total. The third kappa shape index (κ3) is 4.25. The molecule has 2 rings (SSSR count). The van der Waals surface area contributed by atoms with Gasteiger partial charge in [-0.2, -0.15) is 0 Å². The van der Waals surface area contributed by atoms with E-state index in [2.05, 4.69) is 5.32 Å². The van der Waals surface area contributed by atoms with E-state index in [-0.39, 0.29) is 5.91 Å². The lowest BCUT2D eigenvalue weighted by Crippen LogP contribution is -2.31. The van der Waals surface area contributed by atoms with Crippen LogP contribution in [0.25, 0.3) is 0 Å². The summed E-state index contributed by atoms with van der Waals surface area (Å²) in [5.41, 5.74) is 1.89. The molecule has 116 valence electrons. The number of methoxy groups -OCH3 is 1. The van der Waals surface area contributed by atoms with E-state index in [0.717, 1.165) is 17.1 Å². The van der Waals surface area contributed by atoms with Crippen molar-refractivity contribution in [1.82, 2.24) is 0 Å². The minimum atomic E-state index is 0.115. The quantitative estimate of drug-likeness (QED) is 0.850. The number of amides is 1. The largest absolute Gasteiger partial charge is 0.497 e. The van der Waals surface area contributed by atoms with Gasteiger partial charge in [-0.15, -0.1) is 0 Å². The fraction of sp³-hybridized carbons (Fsp3) is 0.278. The average molecular weight is 298 g/mol. The number of nitrogens with one attached hydrogen (secondary N) is 1. The Kier molecular flexibility index (Phi) is 5.83. The first-order valence-electron chi connectivity index (χ1n) is 7.48. The highest BCUT2D eigenvalue weighted by atomic mass is 16.5. The molecule has 0 bridgehead atoms. The highest BCUT2D eigenvalue weighted by molar-refractivity contribution is 5.93. The molecule has 0 aromatic heterocycles. The molecule has 0 heterocycles. The summed E-state index contributed by atoms with van der Waals surface area (Å²) < 4.78 is 5.18. The Morgan fingerprint density at radius 1 is 1.14 bits per heavy atom. The Labute approximate surface area is 131 Å². The van der Waals surface area contributed by atoms with Gasteiger partial charge in [0.1, 0.15) is 5.75 Å². The van der Waals surface area contributed by atoms with E-state index in [1.807, 2.05) is 61.5 Å². The normalized spacial score (nSPS) is 10.1. The van der Waals surface area contributed by atoms with Crippen molar-refractivity contribution in [1.29, 1.82) is 0 Å². The number of benzene rings is 2. The predicted molar refractivity (Wildman–Crippen MR) is 90.6 cm³/mol. The third-order valence-corrected chi connectivity index (χ3v) is 3.42. The minimum absolute atomic E-state index is 0.115. The van der Waals surface area contributed by atoms with Gasteiger partial charge < -0.3 is 15.0 Å². The molecule has 0 aliphatic heterocycles. The molecule has 0 fully saturated rings. The lowest BCUT2D eigenvalue weighted by molar-refractivity contribution is -0.118. The van der Waals surface area contributed by atoms with Gasteiger partial charge in [-0.1, -0.05) is 24.3 Å². The standard InChI is InChI=1S/C18H22N2O2/c1-3-20(16-9-5-4-6-10-16)18(21)12-13-19-15-8-7-11-17(14-15)22-2/h4-11,14,19H,3,12-13H2,1-2H3. The summed E-state index contributed by atoms with van der Waals surface area (Å²) in [4.78, 5) is 14.1. The maximum Gasteiger partial charge on any atom is 0.228 e. The molecule has 0 radical (unpaired) electrons. The lowest BCUT2D eigenvalue weighted by Gasteiger charge is -2.21. The molecule has 1 amide bonds. The molecule has 2 aromatic rings. The smallest absolute Gasteiger partial charge is 0.228 e. The Bertz CT molecular complexity index is 599. The van der Waals surface area contributed by atoms with Crippen LogP contribution in [0, 0.1) is 0 Å². The van der Waals surface area contributed by atoms with Crippen molar-refractivity contribution >= 4 is 17.3 Å². The number of anilines is 2. The maximum absolute atomic E-state index is 12.3. The number of ether oxygens (including phenoxy) is 1. The SMILES string of the molecule is CCN(C(=O)CCNc1cccc(OC)c1)c1ccccc1. The van der Waals surface area contributed by atoms with Crippen LogP contribution < -0.4 is 15.0 Å². The van der Waals surface area contributed by atoms with Gasteiger partial charge in [0, 0.05) is 37.0 Å². The number of hydrogen-bond acceptors (Lipinski definition) is 3. The van der Waals surface area contributed by atoms with E-state index in [1.54, 1.807) is 12.0 Å². The number of rotatable bonds is 7. The second kappa shape index (κ2) is 8.08. The van der Waals surface area contributed by atoms with Crippen LogP contribution in [0.1, 0.15) is 13.3 Å². The molecular formula is C18H22N2O2. The first kappa shape index (κ1) is 15.9. The van der Waals surface area contributed by atoms with E-state index in [0.29, 0.717) is 19.5 Å². The number of carbonyl (C=O) groups is 1. The van der Waals surface area contributed by atoms with Crippen LogP contribution in [-0.4, -0.2) is 26.1 Å². The summed E-state index contributed by atoms with van der Waals surface area (Å²) in [6, 6.07) is 17.4. The Morgan fingerprint density at radius 2 is 1.91 bits per heavy atom. The molecule has 0 unspecified atom stereocenters. The molecule has 0 aliphatic rings. The van der Waals surface area contributed by atoms with Crippen LogP contribution in [0.2, 0.25) is 0 Å². The molecular weight excluding hydrogens is 276 g/mol. The van der Waals surface area contributed by atoms with Gasteiger partial charge in [0.05, 0.1) is 7.11 Å². The molecule has 0 spiro atoms. The average Bonchev–Trinajstić information content (AvgIpc) is 2.57. The summed E-state index contributed by atoms with van der Waals surface area (Å²) in [6.07, 6.45) is 0.444. The topological polar surface area (TPSA) is 41.6 Å². The van der Waals surface area contributed by atoms with Crippen molar-refractivity contribution in [2.45, 2.75) is 13.3 Å². The zero-order valence-electron chi connectivity index (χ0n) is 13.1. The van der Waals surface area contributed by atoms with Crippen LogP contribution >= 0.6 is 0 Å². The molecule has 0 atom stereocenters. The Balaban J connectivity index is 1.89. The summed E-state index contributed by atoms with van der Waals surface area (Å²) in [6.45, 7) is 3.25. The molecule has 0 saturated heterocycles. The summed E-state index contributed by atoms with van der Waals surface area (Å²) in [5.74, 6) is 0.917. The highest BCUT2D eigenvalue weighted by Crippen LogP contribution is 2.17. The van der Waals surface area contributed by atoms with E-state index >= 15 is 0 Å². The Hall–Kier alpha value is -2.49. The predicted octanol–water partition coefficient (Wildman–Crippen LogP) is 3.55. The first-order valence-corrected chi connectivity index (χ1v) is 7.48. The monoisotopic (exact) mass is 298 g/mol. The van der Waals surface area contributed by atoms with Gasteiger partial charge >= 0.3 is 0 Å². The van der Waals surface area contributed by atoms with E-state index in [9.17, 15) is 4.79 Å². The number of hydrogen-bond donors (Lipinski definition) is 1. The van der Waals surface area contributed by atoms with Crippen LogP contribution in [0.3, 0.4) is 0 Å². The third-order valence-electron chi connectivity index (χ3n) is 3.42. The van der Waals surface area contributed by atoms with Gasteiger partial charge in [0.15, 0.2) is 0 Å². The highest BCUT2D eigenvalue weighted by Gasteiger charge is 2.12. The zero-order valence-corrected chi connectivity index (χ0v) is 13.1. The summed E-state index contributed by atoms with van der Waals surface area (Å²) in [5, 5.41) is 3.25. The van der Waals surface area contributed by atoms with Crippen molar-refractivity contribution in [3.05, 3.63) is 54.6 Å². The Morgan fingerprint density at radius 3 is 2.59 bits per heavy atom. The van der Waals surface area contributed by atoms with Crippen LogP contribution in [-0.2, 0) is 4.79 Å². The summed E-state index contributed by atoms with van der Waals surface area (Å²) >= 11 is 0. The number of nitrogens with zero attached hydrogens (tertiary/aromatic N) is 1. The van der Waals surface area contributed by atoms with Gasteiger partial charge in [-0.05, 0) is 31.2 Å². The second-order valence-electron chi connectivity index (χ2n) is 4.88. The van der Waals surface area contributed by atoms with Crippen LogP contribution in [0.4, 0.5) is 11.4 Å². The van der Waals surface area contributed by atoms with Crippen LogP contribution in [0.15, 0.2) is 54.6 Å². The van der Waals surface area contributed by atoms with Crippen molar-refractivity contribution in [2.24, 2.45) is 0 Å². The molecule has 2 aromatic carbocycles. The van der Waals surface area contributed by atoms with Gasteiger partial charge in [-0.25, -0.2) is 0 Å². The first-order chi connectivity index (χ1) is 10.7. The lowest BCUT2D eigenvalue weighted by atomic mass is 10.2. The molecule has 0 saturated carbocycles. The fourth-order valence-electron chi connectivity index (χ4n) is 2.29. The van der Waals surface area contributed by atoms with E-state index < -0.39 is 0 Å². The van der Waals surface area contributed by atoms with E-state index in [1.165, 1.54) is 0 Å². The number of para-hydroxylation sites is 1. The van der Waals surface area contributed by atoms with E-state index in [4.69, 9.17) is 4.74 Å². The second-order valence-corrected chi connectivity index (χ2v) is 4.88. The molecule has 4 nitrogen and oxygen atoms in total. The fourth-order valence-corrected chi connectivity index (χ4v) is 2.29. The van der Waals surface area contributed by atoms with Gasteiger partial charge in [-0.3, -0.25) is 4.79 Å². The van der Waals surface area contributed by atoms with Crippen molar-refractivity contribution in [3.8, 4) is 5.75 Å². The molecule has 0 aliphatic carbocycles. The maximum atomic E-state index is 12.3. The minimum Gasteiger partial charge on any atom is -0.497 e. The summed E-state index contributed by atoms with van der Waals surface area (Å²) in [7, 11) is 1.64. The number of carbonyl (C=O) groups excluding carboxylic acids is 1. The van der Waals surface area contributed by atoms with Crippen LogP contribution in [0.5, 0.6) is 5.75 Å². The zero-order chi connectivity index (χ0) is 15.8. The van der Waals surface area contributed by atoms with Crippen molar-refractivity contribution in [2.75, 3.05) is 30.4 Å². The molecule has 4 heteroatoms. The van der Waals surface area contributed by atoms with Crippen molar-refractivity contribution in [3.63, 3.8) is 0 Å². The molecule has 22 heavy (non-hydrogen) atoms. The van der Waals surface area contributed by atoms with Gasteiger partial charge in [0.2, 0.25) is 5.91 Å².